The highest BCUT2D eigenvalue weighted by Gasteiger charge is 2.03. The topological polar surface area (TPSA) is 49.6 Å². The van der Waals surface area contributed by atoms with Crippen LogP contribution < -0.4 is 0 Å². The van der Waals surface area contributed by atoms with Crippen LogP contribution in [-0.4, -0.2) is 9.97 Å². The Balaban J connectivity index is 2.55. The van der Waals surface area contributed by atoms with Crippen LogP contribution in [0.3, 0.4) is 0 Å². The second kappa shape index (κ2) is 4.07. The molecule has 2 aromatic rings. The van der Waals surface area contributed by atoms with E-state index in [1.807, 2.05) is 24.3 Å². The van der Waals surface area contributed by atoms with Crippen LogP contribution in [0.25, 0.3) is 11.4 Å². The molecule has 0 amide bonds. The first kappa shape index (κ1) is 9.63. The molecule has 0 fully saturated rings. The highest BCUT2D eigenvalue weighted by molar-refractivity contribution is 6.30. The van der Waals surface area contributed by atoms with Crippen molar-refractivity contribution in [1.29, 1.82) is 5.26 Å². The molecule has 2 rings (SSSR count). The van der Waals surface area contributed by atoms with Gasteiger partial charge in [-0.1, -0.05) is 17.7 Å². The van der Waals surface area contributed by atoms with Gasteiger partial charge in [0.2, 0.25) is 0 Å². The van der Waals surface area contributed by atoms with Gasteiger partial charge in [0.25, 0.3) is 0 Å². The maximum Gasteiger partial charge on any atom is 0.142 e. The average Bonchev–Trinajstić information content (AvgIpc) is 2.29. The van der Waals surface area contributed by atoms with Crippen LogP contribution in [0.15, 0.2) is 36.5 Å². The van der Waals surface area contributed by atoms with Crippen LogP contribution in [0, 0.1) is 11.3 Å². The van der Waals surface area contributed by atoms with E-state index >= 15 is 0 Å². The maximum atomic E-state index is 8.74. The standard InChI is InChI=1S/C11H6ClN3/c12-8-5-9(7-13)15-11(6-8)10-3-1-2-4-14-10/h1-6H. The van der Waals surface area contributed by atoms with Crippen LogP contribution >= 0.6 is 11.6 Å². The lowest BCUT2D eigenvalue weighted by Crippen LogP contribution is -1.89. The zero-order valence-corrected chi connectivity index (χ0v) is 8.44. The molecule has 15 heavy (non-hydrogen) atoms. The van der Waals surface area contributed by atoms with Gasteiger partial charge in [0, 0.05) is 11.2 Å². The van der Waals surface area contributed by atoms with Gasteiger partial charge in [0.15, 0.2) is 0 Å². The third-order valence-corrected chi connectivity index (χ3v) is 2.05. The van der Waals surface area contributed by atoms with Crippen molar-refractivity contribution < 1.29 is 0 Å². The lowest BCUT2D eigenvalue weighted by atomic mass is 10.2. The Bertz CT molecular complexity index is 517. The molecule has 2 heterocycles. The second-order valence-corrected chi connectivity index (χ2v) is 3.32. The summed E-state index contributed by atoms with van der Waals surface area (Å²) in [4.78, 5) is 8.25. The lowest BCUT2D eigenvalue weighted by molar-refractivity contribution is 1.22. The van der Waals surface area contributed by atoms with E-state index in [2.05, 4.69) is 9.97 Å². The third kappa shape index (κ3) is 2.12. The first-order chi connectivity index (χ1) is 7.29. The molecule has 0 N–H and O–H groups in total. The fourth-order valence-electron chi connectivity index (χ4n) is 1.20. The van der Waals surface area contributed by atoms with E-state index in [4.69, 9.17) is 16.9 Å². The molecule has 0 saturated carbocycles. The summed E-state index contributed by atoms with van der Waals surface area (Å²) in [7, 11) is 0. The van der Waals surface area contributed by atoms with E-state index in [9.17, 15) is 0 Å². The van der Waals surface area contributed by atoms with Crippen molar-refractivity contribution in [3.05, 3.63) is 47.2 Å². The van der Waals surface area contributed by atoms with Gasteiger partial charge in [-0.25, -0.2) is 4.98 Å². The molecule has 0 spiro atoms. The number of hydrogen-bond acceptors (Lipinski definition) is 3. The SMILES string of the molecule is N#Cc1cc(Cl)cc(-c2ccccn2)n1. The molecule has 4 heteroatoms. The predicted octanol–water partition coefficient (Wildman–Crippen LogP) is 2.67. The van der Waals surface area contributed by atoms with E-state index in [0.717, 1.165) is 0 Å². The predicted molar refractivity (Wildman–Crippen MR) is 57.2 cm³/mol. The molecule has 0 atom stereocenters. The number of hydrogen-bond donors (Lipinski definition) is 0. The number of nitriles is 1. The zero-order chi connectivity index (χ0) is 10.7. The monoisotopic (exact) mass is 215 g/mol. The summed E-state index contributed by atoms with van der Waals surface area (Å²) in [5, 5.41) is 9.23. The van der Waals surface area contributed by atoms with Crippen molar-refractivity contribution in [2.75, 3.05) is 0 Å². The Labute approximate surface area is 92.0 Å². The first-order valence-corrected chi connectivity index (χ1v) is 4.66. The average molecular weight is 216 g/mol. The molecule has 3 nitrogen and oxygen atoms in total. The van der Waals surface area contributed by atoms with E-state index in [-0.39, 0.29) is 0 Å². The van der Waals surface area contributed by atoms with E-state index in [1.54, 1.807) is 12.3 Å². The van der Waals surface area contributed by atoms with E-state index in [0.29, 0.717) is 22.1 Å². The molecule has 0 bridgehead atoms. The van der Waals surface area contributed by atoms with Crippen molar-refractivity contribution in [1.82, 2.24) is 9.97 Å². The summed E-state index contributed by atoms with van der Waals surface area (Å²) in [5.74, 6) is 0. The van der Waals surface area contributed by atoms with Crippen LogP contribution in [-0.2, 0) is 0 Å². The van der Waals surface area contributed by atoms with Crippen LogP contribution in [0.5, 0.6) is 0 Å². The van der Waals surface area contributed by atoms with Crippen LogP contribution in [0.1, 0.15) is 5.69 Å². The summed E-state index contributed by atoms with van der Waals surface area (Å²) >= 11 is 5.86. The Morgan fingerprint density at radius 1 is 1.20 bits per heavy atom. The molecule has 72 valence electrons. The molecule has 0 aliphatic rings. The van der Waals surface area contributed by atoms with Crippen LogP contribution in [0.4, 0.5) is 0 Å². The summed E-state index contributed by atoms with van der Waals surface area (Å²) in [6, 6.07) is 10.7. The van der Waals surface area contributed by atoms with Gasteiger partial charge in [0.05, 0.1) is 11.4 Å². The number of halogens is 1. The van der Waals surface area contributed by atoms with Gasteiger partial charge in [-0.3, -0.25) is 4.98 Å². The minimum Gasteiger partial charge on any atom is -0.255 e. The first-order valence-electron chi connectivity index (χ1n) is 4.28. The molecule has 0 saturated heterocycles. The summed E-state index contributed by atoms with van der Waals surface area (Å²) in [5.41, 5.74) is 1.61. The minimum atomic E-state index is 0.295. The fourth-order valence-corrected chi connectivity index (χ4v) is 1.41. The van der Waals surface area contributed by atoms with Crippen molar-refractivity contribution >= 4 is 11.6 Å². The molecular formula is C11H6ClN3. The van der Waals surface area contributed by atoms with Crippen LogP contribution in [0.2, 0.25) is 5.02 Å². The smallest absolute Gasteiger partial charge is 0.142 e. The van der Waals surface area contributed by atoms with Gasteiger partial charge in [0.1, 0.15) is 11.8 Å². The fraction of sp³-hybridized carbons (Fsp3) is 0. The number of rotatable bonds is 1. The zero-order valence-electron chi connectivity index (χ0n) is 7.68. The molecular weight excluding hydrogens is 210 g/mol. The molecule has 0 radical (unpaired) electrons. The van der Waals surface area contributed by atoms with E-state index in [1.165, 1.54) is 6.07 Å². The molecule has 0 unspecified atom stereocenters. The molecule has 0 aromatic carbocycles. The second-order valence-electron chi connectivity index (χ2n) is 2.88. The van der Waals surface area contributed by atoms with Crippen molar-refractivity contribution in [2.24, 2.45) is 0 Å². The van der Waals surface area contributed by atoms with Gasteiger partial charge in [-0.15, -0.1) is 0 Å². The van der Waals surface area contributed by atoms with Crippen molar-refractivity contribution in [3.8, 4) is 17.5 Å². The van der Waals surface area contributed by atoms with Gasteiger partial charge < -0.3 is 0 Å². The summed E-state index contributed by atoms with van der Waals surface area (Å²) in [6.07, 6.45) is 1.67. The van der Waals surface area contributed by atoms with Gasteiger partial charge in [-0.2, -0.15) is 5.26 Å². The minimum absolute atomic E-state index is 0.295. The Morgan fingerprint density at radius 2 is 2.07 bits per heavy atom. The normalized spacial score (nSPS) is 9.60. The quantitative estimate of drug-likeness (QED) is 0.735. The van der Waals surface area contributed by atoms with Crippen molar-refractivity contribution in [3.63, 3.8) is 0 Å². The number of pyridine rings is 2. The molecule has 0 aliphatic heterocycles. The van der Waals surface area contributed by atoms with E-state index < -0.39 is 0 Å². The summed E-state index contributed by atoms with van der Waals surface area (Å²) < 4.78 is 0. The molecule has 2 aromatic heterocycles. The number of nitrogens with zero attached hydrogens (tertiary/aromatic N) is 3. The maximum absolute atomic E-state index is 8.74. The highest BCUT2D eigenvalue weighted by Crippen LogP contribution is 2.19. The highest BCUT2D eigenvalue weighted by atomic mass is 35.5. The Morgan fingerprint density at radius 3 is 2.73 bits per heavy atom. The molecule has 0 aliphatic carbocycles. The summed E-state index contributed by atoms with van der Waals surface area (Å²) in [6.45, 7) is 0. The Kier molecular flexibility index (Phi) is 2.61. The van der Waals surface area contributed by atoms with Gasteiger partial charge in [-0.05, 0) is 24.3 Å². The van der Waals surface area contributed by atoms with Gasteiger partial charge >= 0.3 is 0 Å². The Hall–Kier alpha value is -1.92. The third-order valence-electron chi connectivity index (χ3n) is 1.83. The lowest BCUT2D eigenvalue weighted by Gasteiger charge is -2.00. The van der Waals surface area contributed by atoms with Crippen molar-refractivity contribution in [2.45, 2.75) is 0 Å². The number of aromatic nitrogens is 2. The largest absolute Gasteiger partial charge is 0.255 e.